The van der Waals surface area contributed by atoms with Crippen LogP contribution in [0.25, 0.3) is 0 Å². The van der Waals surface area contributed by atoms with Crippen molar-refractivity contribution < 1.29 is 14.3 Å². The quantitative estimate of drug-likeness (QED) is 0.301. The van der Waals surface area contributed by atoms with Crippen LogP contribution < -0.4 is 15.4 Å². The molecular weight excluding hydrogens is 459 g/mol. The summed E-state index contributed by atoms with van der Waals surface area (Å²) < 4.78 is 10.8. The average molecular weight is 488 g/mol. The van der Waals surface area contributed by atoms with Crippen LogP contribution in [0, 0.1) is 0 Å². The Hall–Kier alpha value is -1.81. The summed E-state index contributed by atoms with van der Waals surface area (Å²) in [5, 5.41) is 16.8. The summed E-state index contributed by atoms with van der Waals surface area (Å²) in [4.78, 5) is 8.81. The molecule has 3 N–H and O–H groups in total. The van der Waals surface area contributed by atoms with Crippen LogP contribution in [0.2, 0.25) is 0 Å². The van der Waals surface area contributed by atoms with Gasteiger partial charge in [-0.1, -0.05) is 6.07 Å². The Morgan fingerprint density at radius 2 is 2.11 bits per heavy atom. The molecule has 0 spiro atoms. The number of hydrogen-bond donors (Lipinski definition) is 3. The van der Waals surface area contributed by atoms with Crippen LogP contribution in [0.4, 0.5) is 0 Å². The maximum absolute atomic E-state index is 10.5. The zero-order chi connectivity index (χ0) is 19.0. The number of nitrogens with zero attached hydrogens (tertiary/aromatic N) is 2. The number of aromatic nitrogens is 1. The van der Waals surface area contributed by atoms with E-state index in [2.05, 4.69) is 20.6 Å². The van der Waals surface area contributed by atoms with E-state index in [9.17, 15) is 5.11 Å². The number of ether oxygens (including phenoxy) is 1. The summed E-state index contributed by atoms with van der Waals surface area (Å²) in [6.45, 7) is 9.06. The van der Waals surface area contributed by atoms with Crippen molar-refractivity contribution >= 4 is 29.9 Å². The third kappa shape index (κ3) is 7.76. The molecule has 1 atom stereocenters. The summed E-state index contributed by atoms with van der Waals surface area (Å²) in [7, 11) is 0. The van der Waals surface area contributed by atoms with Gasteiger partial charge in [-0.2, -0.15) is 0 Å². The second kappa shape index (κ2) is 11.1. The molecule has 0 aromatic carbocycles. The SMILES string of the molecule is CCNC(=NCc1ccc(OC(C)C)nc1)NCC(C)(O)c1ccco1.I. The molecule has 2 rings (SSSR count). The van der Waals surface area contributed by atoms with Crippen LogP contribution in [-0.2, 0) is 12.1 Å². The van der Waals surface area contributed by atoms with Gasteiger partial charge in [0, 0.05) is 18.8 Å². The molecule has 0 saturated carbocycles. The molecule has 8 heteroatoms. The van der Waals surface area contributed by atoms with Gasteiger partial charge in [0.05, 0.1) is 25.5 Å². The predicted molar refractivity (Wildman–Crippen MR) is 117 cm³/mol. The maximum atomic E-state index is 10.5. The van der Waals surface area contributed by atoms with Crippen molar-refractivity contribution in [2.24, 2.45) is 4.99 Å². The minimum atomic E-state index is -1.13. The van der Waals surface area contributed by atoms with Gasteiger partial charge in [-0.15, -0.1) is 24.0 Å². The van der Waals surface area contributed by atoms with Gasteiger partial charge in [0.25, 0.3) is 0 Å². The number of hydrogen-bond acceptors (Lipinski definition) is 5. The van der Waals surface area contributed by atoms with E-state index in [0.29, 0.717) is 30.7 Å². The second-order valence-corrected chi connectivity index (χ2v) is 6.47. The number of nitrogens with one attached hydrogen (secondary N) is 2. The molecule has 2 aromatic rings. The van der Waals surface area contributed by atoms with Gasteiger partial charge in [-0.05, 0) is 45.4 Å². The molecule has 27 heavy (non-hydrogen) atoms. The molecule has 7 nitrogen and oxygen atoms in total. The number of aliphatic hydroxyl groups is 1. The molecule has 0 aliphatic heterocycles. The monoisotopic (exact) mass is 488 g/mol. The Kier molecular flexibility index (Phi) is 9.57. The molecule has 1 unspecified atom stereocenters. The number of pyridine rings is 1. The topological polar surface area (TPSA) is 91.9 Å². The zero-order valence-corrected chi connectivity index (χ0v) is 18.6. The van der Waals surface area contributed by atoms with E-state index in [4.69, 9.17) is 9.15 Å². The van der Waals surface area contributed by atoms with Crippen LogP contribution in [0.1, 0.15) is 39.0 Å². The van der Waals surface area contributed by atoms with Gasteiger partial charge >= 0.3 is 0 Å². The molecule has 2 heterocycles. The van der Waals surface area contributed by atoms with Crippen molar-refractivity contribution in [3.8, 4) is 5.88 Å². The molecule has 0 aliphatic carbocycles. The van der Waals surface area contributed by atoms with Crippen molar-refractivity contribution in [2.75, 3.05) is 13.1 Å². The third-order valence-corrected chi connectivity index (χ3v) is 3.57. The number of aliphatic imine (C=N–C) groups is 1. The first-order chi connectivity index (χ1) is 12.4. The molecule has 0 aliphatic rings. The molecule has 0 amide bonds. The molecule has 0 fully saturated rings. The Bertz CT molecular complexity index is 685. The molecule has 2 aromatic heterocycles. The Labute approximate surface area is 177 Å². The van der Waals surface area contributed by atoms with E-state index in [-0.39, 0.29) is 36.6 Å². The normalized spacial score (nSPS) is 13.6. The van der Waals surface area contributed by atoms with E-state index in [0.717, 1.165) is 5.56 Å². The standard InChI is InChI=1S/C19H28N4O3.HI/c1-5-20-18(23-13-19(4,24)16-7-6-10-25-16)22-12-15-8-9-17(21-11-15)26-14(2)3;/h6-11,14,24H,5,12-13H2,1-4H3,(H2,20,22,23);1H. The Morgan fingerprint density at radius 1 is 1.33 bits per heavy atom. The fraction of sp³-hybridized carbons (Fsp3) is 0.474. The van der Waals surface area contributed by atoms with E-state index >= 15 is 0 Å². The van der Waals surface area contributed by atoms with Gasteiger partial charge < -0.3 is 24.9 Å². The van der Waals surface area contributed by atoms with E-state index in [1.807, 2.05) is 32.9 Å². The van der Waals surface area contributed by atoms with E-state index in [1.54, 1.807) is 31.5 Å². The average Bonchev–Trinajstić information content (AvgIpc) is 3.14. The van der Waals surface area contributed by atoms with Gasteiger partial charge in [0.2, 0.25) is 5.88 Å². The third-order valence-electron chi connectivity index (χ3n) is 3.57. The smallest absolute Gasteiger partial charge is 0.213 e. The Morgan fingerprint density at radius 3 is 2.67 bits per heavy atom. The van der Waals surface area contributed by atoms with Crippen LogP contribution in [0.3, 0.4) is 0 Å². The zero-order valence-electron chi connectivity index (χ0n) is 16.2. The highest BCUT2D eigenvalue weighted by Gasteiger charge is 2.26. The van der Waals surface area contributed by atoms with Crippen molar-refractivity contribution in [3.05, 3.63) is 48.0 Å². The van der Waals surface area contributed by atoms with Crippen molar-refractivity contribution in [1.29, 1.82) is 0 Å². The molecule has 150 valence electrons. The van der Waals surface area contributed by atoms with Crippen LogP contribution >= 0.6 is 24.0 Å². The van der Waals surface area contributed by atoms with E-state index < -0.39 is 5.60 Å². The lowest BCUT2D eigenvalue weighted by atomic mass is 10.0. The minimum absolute atomic E-state index is 0. The summed E-state index contributed by atoms with van der Waals surface area (Å²) in [5.74, 6) is 1.72. The number of halogens is 1. The summed E-state index contributed by atoms with van der Waals surface area (Å²) >= 11 is 0. The highest BCUT2D eigenvalue weighted by Crippen LogP contribution is 2.19. The molecular formula is C19H29IN4O3. The van der Waals surface area contributed by atoms with E-state index in [1.165, 1.54) is 0 Å². The van der Waals surface area contributed by atoms with Gasteiger partial charge in [0.15, 0.2) is 5.96 Å². The summed E-state index contributed by atoms with van der Waals surface area (Å²) in [6, 6.07) is 7.28. The first-order valence-electron chi connectivity index (χ1n) is 8.81. The number of furan rings is 1. The fourth-order valence-electron chi connectivity index (χ4n) is 2.26. The molecule has 0 saturated heterocycles. The van der Waals surface area contributed by atoms with Crippen LogP contribution in [-0.4, -0.2) is 35.2 Å². The number of rotatable bonds is 8. The summed E-state index contributed by atoms with van der Waals surface area (Å²) in [5.41, 5.74) is -0.159. The second-order valence-electron chi connectivity index (χ2n) is 6.47. The lowest BCUT2D eigenvalue weighted by Crippen LogP contribution is -2.44. The first kappa shape index (κ1) is 23.2. The predicted octanol–water partition coefficient (Wildman–Crippen LogP) is 3.04. The van der Waals surface area contributed by atoms with Gasteiger partial charge in [-0.3, -0.25) is 0 Å². The number of guanidine groups is 1. The fourth-order valence-corrected chi connectivity index (χ4v) is 2.26. The largest absolute Gasteiger partial charge is 0.475 e. The van der Waals surface area contributed by atoms with Crippen LogP contribution in [0.5, 0.6) is 5.88 Å². The van der Waals surface area contributed by atoms with Crippen molar-refractivity contribution in [2.45, 2.75) is 45.9 Å². The van der Waals surface area contributed by atoms with Crippen molar-refractivity contribution in [1.82, 2.24) is 15.6 Å². The Balaban J connectivity index is 0.00000364. The summed E-state index contributed by atoms with van der Waals surface area (Å²) in [6.07, 6.45) is 3.39. The lowest BCUT2D eigenvalue weighted by molar-refractivity contribution is 0.0386. The van der Waals surface area contributed by atoms with Crippen molar-refractivity contribution in [3.63, 3.8) is 0 Å². The van der Waals surface area contributed by atoms with Gasteiger partial charge in [0.1, 0.15) is 11.4 Å². The highest BCUT2D eigenvalue weighted by molar-refractivity contribution is 14.0. The van der Waals surface area contributed by atoms with Crippen LogP contribution in [0.15, 0.2) is 46.1 Å². The minimum Gasteiger partial charge on any atom is -0.475 e. The first-order valence-corrected chi connectivity index (χ1v) is 8.81. The van der Waals surface area contributed by atoms with Gasteiger partial charge in [-0.25, -0.2) is 9.98 Å². The highest BCUT2D eigenvalue weighted by atomic mass is 127. The molecule has 0 radical (unpaired) electrons. The lowest BCUT2D eigenvalue weighted by Gasteiger charge is -2.22. The molecule has 0 bridgehead atoms. The maximum Gasteiger partial charge on any atom is 0.213 e.